The largest absolute Gasteiger partial charge is 0.309 e. The van der Waals surface area contributed by atoms with Gasteiger partial charge < -0.3 is 5.32 Å². The van der Waals surface area contributed by atoms with E-state index in [-0.39, 0.29) is 6.04 Å². The molecule has 0 amide bonds. The Morgan fingerprint density at radius 2 is 2.11 bits per heavy atom. The highest BCUT2D eigenvalue weighted by Crippen LogP contribution is 2.30. The summed E-state index contributed by atoms with van der Waals surface area (Å²) in [6.07, 6.45) is 3.64. The van der Waals surface area contributed by atoms with Gasteiger partial charge in [0.1, 0.15) is 12.2 Å². The maximum Gasteiger partial charge on any atom is 0.154 e. The first-order valence-corrected chi connectivity index (χ1v) is 7.89. The van der Waals surface area contributed by atoms with Crippen molar-refractivity contribution in [2.75, 3.05) is 13.3 Å². The highest BCUT2D eigenvalue weighted by atomic mass is 32.2. The highest BCUT2D eigenvalue weighted by molar-refractivity contribution is 7.92. The van der Waals surface area contributed by atoms with E-state index >= 15 is 0 Å². The molecule has 0 saturated carbocycles. The Balaban J connectivity index is 3.22. The third-order valence-corrected chi connectivity index (χ3v) is 5.43. The van der Waals surface area contributed by atoms with Crippen molar-refractivity contribution >= 4 is 9.84 Å². The molecule has 0 fully saturated rings. The third kappa shape index (κ3) is 2.72. The Morgan fingerprint density at radius 3 is 2.56 bits per heavy atom. The van der Waals surface area contributed by atoms with Crippen molar-refractivity contribution in [1.29, 1.82) is 0 Å². The molecule has 1 N–H and O–H groups in total. The predicted octanol–water partition coefficient (Wildman–Crippen LogP) is 0.772. The molecular formula is C11H22N4O2S. The lowest BCUT2D eigenvalue weighted by Gasteiger charge is -2.31. The van der Waals surface area contributed by atoms with Crippen LogP contribution in [0.15, 0.2) is 6.33 Å². The molecule has 104 valence electrons. The van der Waals surface area contributed by atoms with E-state index < -0.39 is 14.6 Å². The molecule has 7 heteroatoms. The smallest absolute Gasteiger partial charge is 0.154 e. The van der Waals surface area contributed by atoms with Gasteiger partial charge in [-0.3, -0.25) is 0 Å². The number of nitrogens with zero attached hydrogens (tertiary/aromatic N) is 3. The molecule has 1 heterocycles. The summed E-state index contributed by atoms with van der Waals surface area (Å²) in [6.45, 7) is 6.18. The predicted molar refractivity (Wildman–Crippen MR) is 71.0 cm³/mol. The summed E-state index contributed by atoms with van der Waals surface area (Å²) in [5, 5.41) is 7.19. The molecule has 0 aliphatic heterocycles. The van der Waals surface area contributed by atoms with Crippen LogP contribution in [0.4, 0.5) is 0 Å². The Labute approximate surface area is 109 Å². The monoisotopic (exact) mass is 274 g/mol. The lowest BCUT2D eigenvalue weighted by molar-refractivity contribution is 0.404. The van der Waals surface area contributed by atoms with Crippen LogP contribution < -0.4 is 5.32 Å². The first kappa shape index (κ1) is 15.1. The lowest BCUT2D eigenvalue weighted by Crippen LogP contribution is -2.45. The summed E-state index contributed by atoms with van der Waals surface area (Å²) in [5.41, 5.74) is 0. The molecule has 0 radical (unpaired) electrons. The van der Waals surface area contributed by atoms with Gasteiger partial charge in [0, 0.05) is 12.8 Å². The van der Waals surface area contributed by atoms with Crippen LogP contribution in [-0.2, 0) is 16.4 Å². The van der Waals surface area contributed by atoms with Crippen molar-refractivity contribution in [3.8, 4) is 0 Å². The molecule has 0 spiro atoms. The van der Waals surface area contributed by atoms with Crippen molar-refractivity contribution in [2.45, 2.75) is 44.5 Å². The fraction of sp³-hybridized carbons (Fsp3) is 0.818. The zero-order valence-corrected chi connectivity index (χ0v) is 12.5. The number of hydrogen-bond acceptors (Lipinski definition) is 5. The van der Waals surface area contributed by atoms with E-state index in [1.54, 1.807) is 25.6 Å². The van der Waals surface area contributed by atoms with Gasteiger partial charge >= 0.3 is 0 Å². The fourth-order valence-electron chi connectivity index (χ4n) is 1.88. The van der Waals surface area contributed by atoms with E-state index in [4.69, 9.17) is 0 Å². The van der Waals surface area contributed by atoms with Crippen LogP contribution in [0, 0.1) is 0 Å². The number of aryl methyl sites for hydroxylation is 1. The molecule has 18 heavy (non-hydrogen) atoms. The molecule has 0 aromatic carbocycles. The summed E-state index contributed by atoms with van der Waals surface area (Å²) in [5.74, 6) is 0.662. The lowest BCUT2D eigenvalue weighted by atomic mass is 10.0. The molecule has 1 rings (SSSR count). The van der Waals surface area contributed by atoms with E-state index in [2.05, 4.69) is 15.4 Å². The quantitative estimate of drug-likeness (QED) is 0.829. The summed E-state index contributed by atoms with van der Waals surface area (Å²) in [7, 11) is -1.48. The number of hydrogen-bond donors (Lipinski definition) is 1. The molecule has 6 nitrogen and oxygen atoms in total. The SMILES string of the molecule is CCCn1ncnc1C(NC)C(C)(C)S(C)(=O)=O. The molecule has 1 atom stereocenters. The van der Waals surface area contributed by atoms with Gasteiger partial charge in [0.15, 0.2) is 9.84 Å². The van der Waals surface area contributed by atoms with E-state index in [9.17, 15) is 8.42 Å². The van der Waals surface area contributed by atoms with Gasteiger partial charge in [-0.1, -0.05) is 6.92 Å². The third-order valence-electron chi connectivity index (χ3n) is 3.28. The van der Waals surface area contributed by atoms with Gasteiger partial charge in [0.2, 0.25) is 0 Å². The first-order valence-electron chi connectivity index (χ1n) is 6.00. The second-order valence-corrected chi connectivity index (χ2v) is 7.54. The van der Waals surface area contributed by atoms with Crippen molar-refractivity contribution < 1.29 is 8.42 Å². The van der Waals surface area contributed by atoms with Crippen LogP contribution in [-0.4, -0.2) is 41.2 Å². The maximum atomic E-state index is 11.9. The van der Waals surface area contributed by atoms with Gasteiger partial charge in [-0.25, -0.2) is 18.1 Å². The molecule has 1 aromatic heterocycles. The molecule has 0 saturated heterocycles. The molecule has 1 unspecified atom stereocenters. The summed E-state index contributed by atoms with van der Waals surface area (Å²) in [6, 6.07) is -0.387. The van der Waals surface area contributed by atoms with Crippen molar-refractivity contribution in [3.63, 3.8) is 0 Å². The minimum absolute atomic E-state index is 0.387. The Morgan fingerprint density at radius 1 is 1.50 bits per heavy atom. The van der Waals surface area contributed by atoms with Crippen LogP contribution in [0.3, 0.4) is 0 Å². The minimum Gasteiger partial charge on any atom is -0.309 e. The molecule has 1 aromatic rings. The normalized spacial score (nSPS) is 14.7. The topological polar surface area (TPSA) is 76.9 Å². The zero-order valence-electron chi connectivity index (χ0n) is 11.6. The Hall–Kier alpha value is -0.950. The van der Waals surface area contributed by atoms with Crippen molar-refractivity contribution in [2.24, 2.45) is 0 Å². The second-order valence-electron chi connectivity index (χ2n) is 4.94. The molecular weight excluding hydrogens is 252 g/mol. The average Bonchev–Trinajstić information content (AvgIpc) is 2.66. The van der Waals surface area contributed by atoms with E-state index in [1.165, 1.54) is 12.6 Å². The van der Waals surface area contributed by atoms with E-state index in [0.717, 1.165) is 13.0 Å². The average molecular weight is 274 g/mol. The summed E-state index contributed by atoms with van der Waals surface area (Å²) < 4.78 is 24.7. The highest BCUT2D eigenvalue weighted by Gasteiger charge is 2.41. The number of sulfone groups is 1. The van der Waals surface area contributed by atoms with E-state index in [0.29, 0.717) is 5.82 Å². The van der Waals surface area contributed by atoms with Gasteiger partial charge in [0.05, 0.1) is 10.8 Å². The Bertz CT molecular complexity index is 493. The zero-order chi connectivity index (χ0) is 14.0. The standard InChI is InChI=1S/C11H22N4O2S/c1-6-7-15-10(13-8-14-15)9(12-4)11(2,3)18(5,16)17/h8-9,12H,6-7H2,1-5H3. The Kier molecular flexibility index (Phi) is 4.50. The minimum atomic E-state index is -3.22. The molecule has 0 bridgehead atoms. The number of nitrogens with one attached hydrogen (secondary N) is 1. The van der Waals surface area contributed by atoms with Crippen molar-refractivity contribution in [3.05, 3.63) is 12.2 Å². The first-order chi connectivity index (χ1) is 8.25. The van der Waals surface area contributed by atoms with Gasteiger partial charge in [-0.2, -0.15) is 5.10 Å². The van der Waals surface area contributed by atoms with Crippen LogP contribution in [0.2, 0.25) is 0 Å². The van der Waals surface area contributed by atoms with Gasteiger partial charge in [-0.15, -0.1) is 0 Å². The summed E-state index contributed by atoms with van der Waals surface area (Å²) >= 11 is 0. The van der Waals surface area contributed by atoms with Crippen LogP contribution >= 0.6 is 0 Å². The number of aromatic nitrogens is 3. The van der Waals surface area contributed by atoms with Crippen LogP contribution in [0.1, 0.15) is 39.1 Å². The van der Waals surface area contributed by atoms with Gasteiger partial charge in [-0.05, 0) is 27.3 Å². The van der Waals surface area contributed by atoms with Crippen LogP contribution in [0.25, 0.3) is 0 Å². The number of rotatable bonds is 6. The fourth-order valence-corrected chi connectivity index (χ4v) is 2.53. The molecule has 0 aliphatic carbocycles. The van der Waals surface area contributed by atoms with E-state index in [1.807, 2.05) is 6.92 Å². The van der Waals surface area contributed by atoms with Gasteiger partial charge in [0.25, 0.3) is 0 Å². The second kappa shape index (κ2) is 5.36. The molecule has 0 aliphatic rings. The maximum absolute atomic E-state index is 11.9. The summed E-state index contributed by atoms with van der Waals surface area (Å²) in [4.78, 5) is 4.21. The van der Waals surface area contributed by atoms with Crippen LogP contribution in [0.5, 0.6) is 0 Å². The van der Waals surface area contributed by atoms with Crippen molar-refractivity contribution in [1.82, 2.24) is 20.1 Å².